The third kappa shape index (κ3) is 3.45. The molecule has 3 N–H and O–H groups in total. The molecule has 0 atom stereocenters. The zero-order chi connectivity index (χ0) is 13.7. The molecule has 0 bridgehead atoms. The Morgan fingerprint density at radius 2 is 2.05 bits per heavy atom. The fraction of sp³-hybridized carbons (Fsp3) is 0.500. The lowest BCUT2D eigenvalue weighted by Crippen LogP contribution is -2.55. The number of carbonyl (C=O) groups excluding carboxylic acids is 1. The van der Waals surface area contributed by atoms with E-state index in [-0.39, 0.29) is 24.6 Å². The maximum atomic E-state index is 11.8. The first kappa shape index (κ1) is 13.8. The largest absolute Gasteiger partial charge is 0.497 e. The number of ether oxygens (including phenoxy) is 1. The standard InChI is InChI=1S/C14H20N2O3/c1-19-12-5-3-11(4-6-12)16-13(18)9-15-14(10-17)7-2-8-14/h3-6,15,17H,2,7-10H2,1H3,(H,16,18). The Kier molecular flexibility index (Phi) is 4.39. The van der Waals surface area contributed by atoms with Crippen molar-refractivity contribution >= 4 is 11.6 Å². The van der Waals surface area contributed by atoms with Crippen LogP contribution in [0.25, 0.3) is 0 Å². The van der Waals surface area contributed by atoms with Crippen molar-refractivity contribution in [2.24, 2.45) is 0 Å². The van der Waals surface area contributed by atoms with Crippen molar-refractivity contribution in [3.63, 3.8) is 0 Å². The number of anilines is 1. The number of hydrogen-bond donors (Lipinski definition) is 3. The average molecular weight is 264 g/mol. The van der Waals surface area contributed by atoms with E-state index in [0.29, 0.717) is 0 Å². The molecule has 0 radical (unpaired) electrons. The molecule has 1 saturated carbocycles. The van der Waals surface area contributed by atoms with Gasteiger partial charge in [0.15, 0.2) is 0 Å². The fourth-order valence-corrected chi connectivity index (χ4v) is 2.14. The van der Waals surface area contributed by atoms with Crippen LogP contribution in [0.1, 0.15) is 19.3 Å². The van der Waals surface area contributed by atoms with Gasteiger partial charge in [-0.25, -0.2) is 0 Å². The van der Waals surface area contributed by atoms with Gasteiger partial charge in [0.2, 0.25) is 5.91 Å². The molecule has 1 aliphatic carbocycles. The van der Waals surface area contributed by atoms with E-state index in [1.807, 2.05) is 0 Å². The van der Waals surface area contributed by atoms with Crippen LogP contribution in [0.15, 0.2) is 24.3 Å². The molecule has 0 unspecified atom stereocenters. The van der Waals surface area contributed by atoms with E-state index in [2.05, 4.69) is 10.6 Å². The number of aliphatic hydroxyl groups excluding tert-OH is 1. The molecule has 0 saturated heterocycles. The molecule has 104 valence electrons. The maximum Gasteiger partial charge on any atom is 0.238 e. The Bertz CT molecular complexity index is 421. The number of hydrogen-bond acceptors (Lipinski definition) is 4. The molecule has 19 heavy (non-hydrogen) atoms. The number of rotatable bonds is 6. The summed E-state index contributed by atoms with van der Waals surface area (Å²) in [5.74, 6) is 0.648. The Balaban J connectivity index is 1.80. The lowest BCUT2D eigenvalue weighted by atomic mass is 9.77. The number of aliphatic hydroxyl groups is 1. The second-order valence-electron chi connectivity index (χ2n) is 4.92. The van der Waals surface area contributed by atoms with Gasteiger partial charge in [0.25, 0.3) is 0 Å². The van der Waals surface area contributed by atoms with Gasteiger partial charge in [-0.05, 0) is 43.5 Å². The zero-order valence-corrected chi connectivity index (χ0v) is 11.1. The summed E-state index contributed by atoms with van der Waals surface area (Å²) >= 11 is 0. The highest BCUT2D eigenvalue weighted by Gasteiger charge is 2.35. The Hall–Kier alpha value is -1.59. The van der Waals surface area contributed by atoms with E-state index in [0.717, 1.165) is 30.7 Å². The van der Waals surface area contributed by atoms with Gasteiger partial charge in [-0.1, -0.05) is 0 Å². The first-order valence-corrected chi connectivity index (χ1v) is 6.47. The highest BCUT2D eigenvalue weighted by Crippen LogP contribution is 2.30. The van der Waals surface area contributed by atoms with Gasteiger partial charge in [0, 0.05) is 11.2 Å². The van der Waals surface area contributed by atoms with Gasteiger partial charge in [-0.3, -0.25) is 4.79 Å². The summed E-state index contributed by atoms with van der Waals surface area (Å²) in [6.45, 7) is 0.301. The molecule has 0 aliphatic heterocycles. The van der Waals surface area contributed by atoms with E-state index in [4.69, 9.17) is 4.74 Å². The molecule has 1 fully saturated rings. The minimum absolute atomic E-state index is 0.0861. The number of benzene rings is 1. The monoisotopic (exact) mass is 264 g/mol. The van der Waals surface area contributed by atoms with Crippen LogP contribution in [0.2, 0.25) is 0 Å². The Labute approximate surface area is 113 Å². The number of methoxy groups -OCH3 is 1. The van der Waals surface area contributed by atoms with E-state index in [1.165, 1.54) is 0 Å². The van der Waals surface area contributed by atoms with Crippen LogP contribution in [-0.2, 0) is 4.79 Å². The molecule has 5 heteroatoms. The summed E-state index contributed by atoms with van der Waals surface area (Å²) in [7, 11) is 1.60. The van der Waals surface area contributed by atoms with Crippen LogP contribution >= 0.6 is 0 Å². The van der Waals surface area contributed by atoms with Crippen molar-refractivity contribution in [1.29, 1.82) is 0 Å². The minimum Gasteiger partial charge on any atom is -0.497 e. The van der Waals surface area contributed by atoms with E-state index < -0.39 is 0 Å². The summed E-state index contributed by atoms with van der Waals surface area (Å²) in [6, 6.07) is 7.18. The van der Waals surface area contributed by atoms with Gasteiger partial charge in [0.05, 0.1) is 20.3 Å². The highest BCUT2D eigenvalue weighted by atomic mass is 16.5. The predicted molar refractivity (Wildman–Crippen MR) is 73.3 cm³/mol. The van der Waals surface area contributed by atoms with Gasteiger partial charge in [-0.2, -0.15) is 0 Å². The first-order chi connectivity index (χ1) is 9.17. The summed E-state index contributed by atoms with van der Waals surface area (Å²) in [4.78, 5) is 11.8. The number of amides is 1. The van der Waals surface area contributed by atoms with Crippen molar-refractivity contribution < 1.29 is 14.6 Å². The van der Waals surface area contributed by atoms with E-state index >= 15 is 0 Å². The topological polar surface area (TPSA) is 70.6 Å². The van der Waals surface area contributed by atoms with Crippen LogP contribution in [0, 0.1) is 0 Å². The van der Waals surface area contributed by atoms with E-state index in [9.17, 15) is 9.90 Å². The molecule has 5 nitrogen and oxygen atoms in total. The zero-order valence-electron chi connectivity index (χ0n) is 11.1. The number of carbonyl (C=O) groups is 1. The predicted octanol–water partition coefficient (Wildman–Crippen LogP) is 1.14. The van der Waals surface area contributed by atoms with Crippen LogP contribution in [0.4, 0.5) is 5.69 Å². The normalized spacial score (nSPS) is 16.5. The summed E-state index contributed by atoms with van der Waals surface area (Å²) in [5, 5.41) is 15.2. The van der Waals surface area contributed by atoms with Crippen LogP contribution in [-0.4, -0.2) is 36.8 Å². The third-order valence-corrected chi connectivity index (χ3v) is 3.61. The van der Waals surface area contributed by atoms with Crippen LogP contribution in [0.3, 0.4) is 0 Å². The summed E-state index contributed by atoms with van der Waals surface area (Å²) in [5.41, 5.74) is 0.497. The fourth-order valence-electron chi connectivity index (χ4n) is 2.14. The van der Waals surface area contributed by atoms with Gasteiger partial charge < -0.3 is 20.5 Å². The highest BCUT2D eigenvalue weighted by molar-refractivity contribution is 5.92. The molecule has 0 spiro atoms. The smallest absolute Gasteiger partial charge is 0.238 e. The molecule has 1 amide bonds. The quantitative estimate of drug-likeness (QED) is 0.720. The summed E-state index contributed by atoms with van der Waals surface area (Å²) < 4.78 is 5.05. The number of nitrogens with one attached hydrogen (secondary N) is 2. The minimum atomic E-state index is -0.239. The van der Waals surface area contributed by atoms with Gasteiger partial charge in [-0.15, -0.1) is 0 Å². The van der Waals surface area contributed by atoms with Crippen LogP contribution in [0.5, 0.6) is 5.75 Å². The lowest BCUT2D eigenvalue weighted by Gasteiger charge is -2.41. The molecule has 1 aromatic carbocycles. The van der Waals surface area contributed by atoms with Gasteiger partial charge >= 0.3 is 0 Å². The SMILES string of the molecule is COc1ccc(NC(=O)CNC2(CO)CCC2)cc1. The van der Waals surface area contributed by atoms with Gasteiger partial charge in [0.1, 0.15) is 5.75 Å². The second kappa shape index (κ2) is 6.04. The van der Waals surface area contributed by atoms with Crippen molar-refractivity contribution in [3.8, 4) is 5.75 Å². The molecule has 0 heterocycles. The molecular weight excluding hydrogens is 244 g/mol. The molecule has 1 aliphatic rings. The Morgan fingerprint density at radius 1 is 1.37 bits per heavy atom. The lowest BCUT2D eigenvalue weighted by molar-refractivity contribution is -0.116. The third-order valence-electron chi connectivity index (χ3n) is 3.61. The second-order valence-corrected chi connectivity index (χ2v) is 4.92. The van der Waals surface area contributed by atoms with E-state index in [1.54, 1.807) is 31.4 Å². The first-order valence-electron chi connectivity index (χ1n) is 6.47. The molecule has 2 rings (SSSR count). The van der Waals surface area contributed by atoms with Crippen molar-refractivity contribution in [2.45, 2.75) is 24.8 Å². The van der Waals surface area contributed by atoms with Crippen molar-refractivity contribution in [1.82, 2.24) is 5.32 Å². The van der Waals surface area contributed by atoms with Crippen LogP contribution < -0.4 is 15.4 Å². The average Bonchev–Trinajstić information content (AvgIpc) is 2.39. The maximum absolute atomic E-state index is 11.8. The summed E-state index contributed by atoms with van der Waals surface area (Å²) in [6.07, 6.45) is 2.96. The molecule has 0 aromatic heterocycles. The molecule has 1 aromatic rings. The van der Waals surface area contributed by atoms with Crippen molar-refractivity contribution in [3.05, 3.63) is 24.3 Å². The molecular formula is C14H20N2O3. The Morgan fingerprint density at radius 3 is 2.53 bits per heavy atom. The van der Waals surface area contributed by atoms with Crippen molar-refractivity contribution in [2.75, 3.05) is 25.6 Å².